The SMILES string of the molecule is c1ccc(N(c2ccc(-c3ccc4c(c3)sc3ccccc34)cc2)c2ccc(-c3cccc4ccccc34)cc2)c(-c2cc3ccccc3c3ccccc23)c1. The van der Waals surface area contributed by atoms with Gasteiger partial charge in [0.25, 0.3) is 0 Å². The average Bonchev–Trinajstić information content (AvgIpc) is 3.65. The fourth-order valence-electron chi connectivity index (χ4n) is 8.58. The fourth-order valence-corrected chi connectivity index (χ4v) is 9.72. The van der Waals surface area contributed by atoms with Crippen LogP contribution in [-0.2, 0) is 0 Å². The van der Waals surface area contributed by atoms with Crippen LogP contribution >= 0.6 is 11.3 Å². The van der Waals surface area contributed by atoms with E-state index in [9.17, 15) is 0 Å². The topological polar surface area (TPSA) is 3.24 Å². The van der Waals surface area contributed by atoms with Gasteiger partial charge < -0.3 is 4.90 Å². The number of fused-ring (bicyclic) bond motifs is 7. The summed E-state index contributed by atoms with van der Waals surface area (Å²) in [5.74, 6) is 0. The number of thiophene rings is 1. The number of rotatable bonds is 6. The van der Waals surface area contributed by atoms with Crippen LogP contribution in [0.25, 0.3) is 85.9 Å². The van der Waals surface area contributed by atoms with Gasteiger partial charge in [0, 0.05) is 37.1 Å². The van der Waals surface area contributed by atoms with Gasteiger partial charge in [0.15, 0.2) is 0 Å². The monoisotopic (exact) mass is 729 g/mol. The van der Waals surface area contributed by atoms with Crippen molar-refractivity contribution in [1.29, 1.82) is 0 Å². The molecule has 0 amide bonds. The molecule has 2 heteroatoms. The molecule has 56 heavy (non-hydrogen) atoms. The first-order chi connectivity index (χ1) is 27.8. The maximum atomic E-state index is 2.42. The first-order valence-corrected chi connectivity index (χ1v) is 20.0. The van der Waals surface area contributed by atoms with E-state index in [-0.39, 0.29) is 0 Å². The lowest BCUT2D eigenvalue weighted by atomic mass is 9.92. The van der Waals surface area contributed by atoms with Crippen LogP contribution in [-0.4, -0.2) is 0 Å². The van der Waals surface area contributed by atoms with Crippen LogP contribution in [0, 0.1) is 0 Å². The summed E-state index contributed by atoms with van der Waals surface area (Å²) in [4.78, 5) is 2.42. The van der Waals surface area contributed by atoms with E-state index in [0.29, 0.717) is 0 Å². The van der Waals surface area contributed by atoms with E-state index in [1.54, 1.807) is 0 Å². The van der Waals surface area contributed by atoms with Gasteiger partial charge in [-0.15, -0.1) is 11.3 Å². The van der Waals surface area contributed by atoms with Crippen LogP contribution in [0.3, 0.4) is 0 Å². The second-order valence-electron chi connectivity index (χ2n) is 14.5. The molecule has 11 rings (SSSR count). The van der Waals surface area contributed by atoms with E-state index in [2.05, 4.69) is 217 Å². The summed E-state index contributed by atoms with van der Waals surface area (Å²) in [6, 6.07) is 77.8. The van der Waals surface area contributed by atoms with E-state index in [1.807, 2.05) is 11.3 Å². The lowest BCUT2D eigenvalue weighted by Gasteiger charge is -2.28. The molecule has 1 heterocycles. The molecule has 0 spiro atoms. The normalized spacial score (nSPS) is 11.6. The first kappa shape index (κ1) is 32.4. The third-order valence-corrected chi connectivity index (χ3v) is 12.4. The number of anilines is 3. The first-order valence-electron chi connectivity index (χ1n) is 19.2. The highest BCUT2D eigenvalue weighted by Gasteiger charge is 2.20. The summed E-state index contributed by atoms with van der Waals surface area (Å²) in [5, 5.41) is 10.2. The molecule has 1 aromatic heterocycles. The zero-order valence-corrected chi connectivity index (χ0v) is 31.4. The van der Waals surface area contributed by atoms with Gasteiger partial charge in [0.1, 0.15) is 0 Å². The summed E-state index contributed by atoms with van der Waals surface area (Å²) in [7, 11) is 0. The quantitative estimate of drug-likeness (QED) is 0.154. The largest absolute Gasteiger partial charge is 0.310 e. The van der Waals surface area contributed by atoms with Gasteiger partial charge in [-0.3, -0.25) is 0 Å². The molecule has 0 saturated heterocycles. The summed E-state index contributed by atoms with van der Waals surface area (Å²) in [6.45, 7) is 0. The molecule has 11 aromatic rings. The van der Waals surface area contributed by atoms with Crippen molar-refractivity contribution < 1.29 is 0 Å². The minimum Gasteiger partial charge on any atom is -0.310 e. The highest BCUT2D eigenvalue weighted by Crippen LogP contribution is 2.45. The molecular formula is C54H35NS. The van der Waals surface area contributed by atoms with Crippen LogP contribution in [0.5, 0.6) is 0 Å². The predicted molar refractivity (Wildman–Crippen MR) is 243 cm³/mol. The molecule has 0 radical (unpaired) electrons. The Morgan fingerprint density at radius 2 is 0.839 bits per heavy atom. The lowest BCUT2D eigenvalue weighted by Crippen LogP contribution is -2.11. The number of benzene rings is 10. The zero-order chi connectivity index (χ0) is 37.0. The molecule has 0 atom stereocenters. The van der Waals surface area contributed by atoms with Crippen LogP contribution in [0.15, 0.2) is 212 Å². The van der Waals surface area contributed by atoms with Crippen molar-refractivity contribution in [3.8, 4) is 33.4 Å². The van der Waals surface area contributed by atoms with E-state index < -0.39 is 0 Å². The van der Waals surface area contributed by atoms with Gasteiger partial charge in [0.2, 0.25) is 0 Å². The molecule has 0 unspecified atom stereocenters. The highest BCUT2D eigenvalue weighted by molar-refractivity contribution is 7.25. The fraction of sp³-hybridized carbons (Fsp3) is 0. The van der Waals surface area contributed by atoms with Gasteiger partial charge in [-0.05, 0) is 109 Å². The van der Waals surface area contributed by atoms with Crippen molar-refractivity contribution >= 4 is 80.9 Å². The second kappa shape index (κ2) is 13.4. The average molecular weight is 730 g/mol. The molecule has 0 aliphatic rings. The summed E-state index contributed by atoms with van der Waals surface area (Å²) in [6.07, 6.45) is 0. The van der Waals surface area contributed by atoms with Crippen molar-refractivity contribution in [3.05, 3.63) is 212 Å². The molecule has 0 bridgehead atoms. The Labute approximate surface area is 330 Å². The number of nitrogens with zero attached hydrogens (tertiary/aromatic N) is 1. The Bertz CT molecular complexity index is 3240. The molecular weight excluding hydrogens is 695 g/mol. The molecule has 0 aliphatic heterocycles. The Balaban J connectivity index is 1.07. The van der Waals surface area contributed by atoms with E-state index in [4.69, 9.17) is 0 Å². The van der Waals surface area contributed by atoms with Gasteiger partial charge in [-0.2, -0.15) is 0 Å². The Morgan fingerprint density at radius 3 is 1.64 bits per heavy atom. The zero-order valence-electron chi connectivity index (χ0n) is 30.6. The van der Waals surface area contributed by atoms with Crippen molar-refractivity contribution in [3.63, 3.8) is 0 Å². The summed E-state index contributed by atoms with van der Waals surface area (Å²) < 4.78 is 2.65. The standard InChI is InChI=1S/C54H35NS/c1-3-15-43-37(12-1)14-11-21-44(43)38-26-31-42(32-27-38)55(41-29-24-36(25-30-41)39-28-33-50-49-20-8-10-23-53(49)56-54(50)35-39)52-22-9-7-19-48(52)51-34-40-13-2-4-16-45(40)46-17-5-6-18-47(46)51/h1-35H. The van der Waals surface area contributed by atoms with E-state index >= 15 is 0 Å². The molecule has 0 saturated carbocycles. The van der Waals surface area contributed by atoms with Crippen LogP contribution < -0.4 is 4.90 Å². The van der Waals surface area contributed by atoms with Gasteiger partial charge in [-0.1, -0.05) is 164 Å². The lowest BCUT2D eigenvalue weighted by molar-refractivity contribution is 1.28. The smallest absolute Gasteiger partial charge is 0.0540 e. The third-order valence-electron chi connectivity index (χ3n) is 11.3. The number of hydrogen-bond acceptors (Lipinski definition) is 2. The molecule has 0 fully saturated rings. The number of hydrogen-bond donors (Lipinski definition) is 0. The minimum absolute atomic E-state index is 1.10. The Hall–Kier alpha value is -7.00. The van der Waals surface area contributed by atoms with E-state index in [0.717, 1.165) is 17.1 Å². The highest BCUT2D eigenvalue weighted by atomic mass is 32.1. The third kappa shape index (κ3) is 5.46. The molecule has 1 nitrogen and oxygen atoms in total. The van der Waals surface area contributed by atoms with Gasteiger partial charge >= 0.3 is 0 Å². The molecule has 0 N–H and O–H groups in total. The van der Waals surface area contributed by atoms with Crippen LogP contribution in [0.4, 0.5) is 17.1 Å². The van der Waals surface area contributed by atoms with Gasteiger partial charge in [0.05, 0.1) is 5.69 Å². The Morgan fingerprint density at radius 1 is 0.286 bits per heavy atom. The van der Waals surface area contributed by atoms with Crippen molar-refractivity contribution in [2.24, 2.45) is 0 Å². The maximum absolute atomic E-state index is 2.42. The Kier molecular flexibility index (Phi) is 7.75. The minimum atomic E-state index is 1.10. The molecule has 0 aliphatic carbocycles. The molecule has 10 aromatic carbocycles. The van der Waals surface area contributed by atoms with Crippen molar-refractivity contribution in [2.75, 3.05) is 4.90 Å². The van der Waals surface area contributed by atoms with Crippen molar-refractivity contribution in [1.82, 2.24) is 0 Å². The summed E-state index contributed by atoms with van der Waals surface area (Å²) >= 11 is 1.87. The van der Waals surface area contributed by atoms with Gasteiger partial charge in [-0.25, -0.2) is 0 Å². The van der Waals surface area contributed by atoms with Crippen LogP contribution in [0.2, 0.25) is 0 Å². The van der Waals surface area contributed by atoms with E-state index in [1.165, 1.54) is 85.9 Å². The van der Waals surface area contributed by atoms with Crippen molar-refractivity contribution in [2.45, 2.75) is 0 Å². The summed E-state index contributed by atoms with van der Waals surface area (Å²) in [5.41, 5.74) is 10.6. The maximum Gasteiger partial charge on any atom is 0.0540 e. The second-order valence-corrected chi connectivity index (χ2v) is 15.6. The predicted octanol–water partition coefficient (Wildman–Crippen LogP) is 16.0. The van der Waals surface area contributed by atoms with Crippen LogP contribution in [0.1, 0.15) is 0 Å². The number of para-hydroxylation sites is 1. The molecule has 262 valence electrons.